The van der Waals surface area contributed by atoms with Gasteiger partial charge in [-0.2, -0.15) is 13.2 Å². The molecule has 5 nitrogen and oxygen atoms in total. The molecule has 8 heteroatoms. The number of amides is 1. The third-order valence-electron chi connectivity index (χ3n) is 2.27. The van der Waals surface area contributed by atoms with Crippen LogP contribution in [0.3, 0.4) is 0 Å². The third kappa shape index (κ3) is 7.00. The average Bonchev–Trinajstić information content (AvgIpc) is 2.31. The van der Waals surface area contributed by atoms with Gasteiger partial charge in [0.1, 0.15) is 6.54 Å². The van der Waals surface area contributed by atoms with E-state index in [-0.39, 0.29) is 13.2 Å². The van der Waals surface area contributed by atoms with Gasteiger partial charge in [-0.3, -0.25) is 4.79 Å². The van der Waals surface area contributed by atoms with Crippen LogP contribution in [0.15, 0.2) is 0 Å². The number of hydrogen-bond acceptors (Lipinski definition) is 4. The number of esters is 1. The van der Waals surface area contributed by atoms with Gasteiger partial charge in [-0.25, -0.2) is 4.79 Å². The Labute approximate surface area is 109 Å². The second-order valence-electron chi connectivity index (χ2n) is 3.96. The Kier molecular flexibility index (Phi) is 7.43. The topological polar surface area (TPSA) is 72.6 Å². The summed E-state index contributed by atoms with van der Waals surface area (Å²) < 4.78 is 41.6. The van der Waals surface area contributed by atoms with E-state index in [4.69, 9.17) is 5.73 Å². The first kappa shape index (κ1) is 17.7. The van der Waals surface area contributed by atoms with Crippen molar-refractivity contribution in [1.29, 1.82) is 0 Å². The van der Waals surface area contributed by atoms with E-state index in [1.165, 1.54) is 6.92 Å². The minimum Gasteiger partial charge on any atom is -0.464 e. The van der Waals surface area contributed by atoms with Gasteiger partial charge in [0.05, 0.1) is 6.61 Å². The first-order chi connectivity index (χ1) is 8.72. The molecule has 0 aliphatic carbocycles. The van der Waals surface area contributed by atoms with Crippen LogP contribution < -0.4 is 5.73 Å². The number of carbonyl (C=O) groups excluding carboxylic acids is 2. The number of unbranched alkanes of at least 4 members (excludes halogenated alkanes) is 1. The van der Waals surface area contributed by atoms with Gasteiger partial charge in [0.15, 0.2) is 6.04 Å². The average molecular weight is 284 g/mol. The van der Waals surface area contributed by atoms with Gasteiger partial charge in [0, 0.05) is 6.54 Å². The van der Waals surface area contributed by atoms with Crippen LogP contribution in [0, 0.1) is 0 Å². The molecule has 1 amide bonds. The lowest BCUT2D eigenvalue weighted by Crippen LogP contribution is -2.51. The van der Waals surface area contributed by atoms with Crippen LogP contribution in [-0.4, -0.2) is 48.7 Å². The smallest absolute Gasteiger partial charge is 0.406 e. The Morgan fingerprint density at radius 1 is 1.32 bits per heavy atom. The minimum absolute atomic E-state index is 0.00798. The molecule has 1 atom stereocenters. The molecule has 112 valence electrons. The molecular weight excluding hydrogens is 265 g/mol. The van der Waals surface area contributed by atoms with Gasteiger partial charge in [-0.1, -0.05) is 13.3 Å². The number of nitrogens with zero attached hydrogens (tertiary/aromatic N) is 1. The van der Waals surface area contributed by atoms with Crippen molar-refractivity contribution in [3.63, 3.8) is 0 Å². The predicted molar refractivity (Wildman–Crippen MR) is 62.2 cm³/mol. The Morgan fingerprint density at radius 3 is 2.32 bits per heavy atom. The lowest BCUT2D eigenvalue weighted by Gasteiger charge is -2.25. The van der Waals surface area contributed by atoms with E-state index in [2.05, 4.69) is 4.74 Å². The monoisotopic (exact) mass is 284 g/mol. The highest BCUT2D eigenvalue weighted by Gasteiger charge is 2.36. The zero-order chi connectivity index (χ0) is 15.1. The Hall–Kier alpha value is -1.31. The summed E-state index contributed by atoms with van der Waals surface area (Å²) in [6.45, 7) is 1.79. The van der Waals surface area contributed by atoms with E-state index in [9.17, 15) is 22.8 Å². The van der Waals surface area contributed by atoms with Crippen molar-refractivity contribution in [3.8, 4) is 0 Å². The molecule has 1 unspecified atom stereocenters. The number of carbonyl (C=O) groups is 2. The zero-order valence-electron chi connectivity index (χ0n) is 11.0. The molecule has 0 aromatic carbocycles. The lowest BCUT2D eigenvalue weighted by molar-refractivity contribution is -0.166. The second-order valence-corrected chi connectivity index (χ2v) is 3.96. The Bertz CT molecular complexity index is 308. The number of alkyl halides is 3. The largest absolute Gasteiger partial charge is 0.464 e. The van der Waals surface area contributed by atoms with E-state index in [0.717, 1.165) is 0 Å². The molecule has 19 heavy (non-hydrogen) atoms. The van der Waals surface area contributed by atoms with Crippen molar-refractivity contribution in [1.82, 2.24) is 4.90 Å². The summed E-state index contributed by atoms with van der Waals surface area (Å²) in [5.74, 6) is -2.08. The molecule has 0 fully saturated rings. The van der Waals surface area contributed by atoms with Gasteiger partial charge >= 0.3 is 12.1 Å². The van der Waals surface area contributed by atoms with E-state index in [1.807, 2.05) is 0 Å². The summed E-state index contributed by atoms with van der Waals surface area (Å²) in [5, 5.41) is 0. The second kappa shape index (κ2) is 7.98. The lowest BCUT2D eigenvalue weighted by atomic mass is 10.2. The number of rotatable bonds is 7. The highest BCUT2D eigenvalue weighted by molar-refractivity contribution is 6.01. The predicted octanol–water partition coefficient (Wildman–Crippen LogP) is 1.07. The molecule has 0 aromatic rings. The van der Waals surface area contributed by atoms with Crippen molar-refractivity contribution < 1.29 is 27.5 Å². The highest BCUT2D eigenvalue weighted by Crippen LogP contribution is 2.17. The standard InChI is InChI=1S/C11H19F3N2O3/c1-3-5-6-16(7-11(12,13)14)9(17)8(15)10(18)19-4-2/h8H,3-7,15H2,1-2H3. The van der Waals surface area contributed by atoms with E-state index in [0.29, 0.717) is 17.7 Å². The summed E-state index contributed by atoms with van der Waals surface area (Å²) in [6, 6.07) is -1.71. The van der Waals surface area contributed by atoms with Crippen LogP contribution in [-0.2, 0) is 14.3 Å². The fraction of sp³-hybridized carbons (Fsp3) is 0.818. The van der Waals surface area contributed by atoms with Gasteiger partial charge in [-0.15, -0.1) is 0 Å². The number of hydrogen-bond donors (Lipinski definition) is 1. The Balaban J connectivity index is 4.73. The van der Waals surface area contributed by atoms with Crippen molar-refractivity contribution in [2.24, 2.45) is 5.73 Å². The van der Waals surface area contributed by atoms with Crippen molar-refractivity contribution in [3.05, 3.63) is 0 Å². The fourth-order valence-corrected chi connectivity index (χ4v) is 1.36. The molecule has 0 spiro atoms. The molecule has 0 radical (unpaired) electrons. The van der Waals surface area contributed by atoms with Crippen LogP contribution in [0.25, 0.3) is 0 Å². The number of nitrogens with two attached hydrogens (primary N) is 1. The molecule has 0 aliphatic heterocycles. The van der Waals surface area contributed by atoms with Crippen LogP contribution in [0.4, 0.5) is 13.2 Å². The molecule has 0 aromatic heterocycles. The minimum atomic E-state index is -4.53. The SMILES string of the molecule is CCCCN(CC(F)(F)F)C(=O)C(N)C(=O)OCC. The highest BCUT2D eigenvalue weighted by atomic mass is 19.4. The molecule has 0 saturated heterocycles. The third-order valence-corrected chi connectivity index (χ3v) is 2.27. The Morgan fingerprint density at radius 2 is 1.89 bits per heavy atom. The number of ether oxygens (including phenoxy) is 1. The maximum atomic E-state index is 12.4. The molecule has 0 aliphatic rings. The van der Waals surface area contributed by atoms with Crippen LogP contribution >= 0.6 is 0 Å². The van der Waals surface area contributed by atoms with Gasteiger partial charge in [0.2, 0.25) is 0 Å². The summed E-state index contributed by atoms with van der Waals surface area (Å²) in [6.07, 6.45) is -3.51. The van der Waals surface area contributed by atoms with E-state index < -0.39 is 30.6 Å². The quantitative estimate of drug-likeness (QED) is 0.560. The van der Waals surface area contributed by atoms with Crippen LogP contribution in [0.2, 0.25) is 0 Å². The van der Waals surface area contributed by atoms with Crippen molar-refractivity contribution in [2.45, 2.75) is 38.9 Å². The maximum absolute atomic E-state index is 12.4. The molecule has 2 N–H and O–H groups in total. The fourth-order valence-electron chi connectivity index (χ4n) is 1.36. The normalized spacial score (nSPS) is 12.9. The van der Waals surface area contributed by atoms with Crippen molar-refractivity contribution >= 4 is 11.9 Å². The van der Waals surface area contributed by atoms with Gasteiger partial charge < -0.3 is 15.4 Å². The summed E-state index contributed by atoms with van der Waals surface area (Å²) in [5.41, 5.74) is 5.31. The first-order valence-electron chi connectivity index (χ1n) is 6.00. The molecule has 0 rings (SSSR count). The molecule has 0 saturated carbocycles. The van der Waals surface area contributed by atoms with E-state index >= 15 is 0 Å². The molecule has 0 heterocycles. The number of halogens is 3. The van der Waals surface area contributed by atoms with Gasteiger partial charge in [0.25, 0.3) is 5.91 Å². The van der Waals surface area contributed by atoms with Crippen molar-refractivity contribution in [2.75, 3.05) is 19.7 Å². The van der Waals surface area contributed by atoms with Crippen LogP contribution in [0.5, 0.6) is 0 Å². The first-order valence-corrected chi connectivity index (χ1v) is 6.00. The summed E-state index contributed by atoms with van der Waals surface area (Å²) in [4.78, 5) is 23.5. The zero-order valence-corrected chi connectivity index (χ0v) is 11.0. The molecular formula is C11H19F3N2O3. The van der Waals surface area contributed by atoms with Gasteiger partial charge in [-0.05, 0) is 13.3 Å². The summed E-state index contributed by atoms with van der Waals surface area (Å²) >= 11 is 0. The maximum Gasteiger partial charge on any atom is 0.406 e. The van der Waals surface area contributed by atoms with E-state index in [1.54, 1.807) is 6.92 Å². The molecule has 0 bridgehead atoms. The summed E-state index contributed by atoms with van der Waals surface area (Å²) in [7, 11) is 0. The van der Waals surface area contributed by atoms with Crippen LogP contribution in [0.1, 0.15) is 26.7 Å².